The van der Waals surface area contributed by atoms with Gasteiger partial charge in [-0.25, -0.2) is 4.98 Å². The first-order chi connectivity index (χ1) is 9.24. The standard InChI is InChI=1S/C13H12ClN3OS/c1-18-7-17-11-8(3-2-4-9(11)15)10(14)12(17)13-16-5-6-19-13/h2-6H,7,15H2,1H3. The van der Waals surface area contributed by atoms with Gasteiger partial charge in [0.25, 0.3) is 0 Å². The summed E-state index contributed by atoms with van der Waals surface area (Å²) in [5.41, 5.74) is 8.49. The molecule has 0 saturated carbocycles. The number of fused-ring (bicyclic) bond motifs is 1. The molecular weight excluding hydrogens is 282 g/mol. The lowest BCUT2D eigenvalue weighted by molar-refractivity contribution is 0.136. The lowest BCUT2D eigenvalue weighted by Gasteiger charge is -2.09. The molecule has 0 aliphatic carbocycles. The number of halogens is 1. The number of hydrogen-bond donors (Lipinski definition) is 1. The molecule has 0 aliphatic heterocycles. The molecule has 2 N–H and O–H groups in total. The summed E-state index contributed by atoms with van der Waals surface area (Å²) in [4.78, 5) is 4.33. The van der Waals surface area contributed by atoms with E-state index in [1.165, 1.54) is 11.3 Å². The van der Waals surface area contributed by atoms with Crippen molar-refractivity contribution in [1.82, 2.24) is 9.55 Å². The summed E-state index contributed by atoms with van der Waals surface area (Å²) in [7, 11) is 1.64. The molecular formula is C13H12ClN3OS. The minimum absolute atomic E-state index is 0.381. The first-order valence-corrected chi connectivity index (χ1v) is 6.94. The maximum absolute atomic E-state index is 6.50. The van der Waals surface area contributed by atoms with Gasteiger partial charge in [-0.2, -0.15) is 0 Å². The van der Waals surface area contributed by atoms with Gasteiger partial charge in [-0.3, -0.25) is 0 Å². The zero-order valence-electron chi connectivity index (χ0n) is 10.3. The minimum atomic E-state index is 0.381. The molecule has 3 aromatic rings. The summed E-state index contributed by atoms with van der Waals surface area (Å²) in [6, 6.07) is 5.71. The molecule has 0 amide bonds. The summed E-state index contributed by atoms with van der Waals surface area (Å²) < 4.78 is 7.23. The Kier molecular flexibility index (Phi) is 3.18. The number of rotatable bonds is 3. The van der Waals surface area contributed by atoms with Crippen molar-refractivity contribution >= 4 is 39.5 Å². The van der Waals surface area contributed by atoms with E-state index in [-0.39, 0.29) is 0 Å². The highest BCUT2D eigenvalue weighted by Crippen LogP contribution is 2.40. The lowest BCUT2D eigenvalue weighted by Crippen LogP contribution is -2.03. The van der Waals surface area contributed by atoms with Crippen LogP contribution >= 0.6 is 22.9 Å². The number of nitrogens with two attached hydrogens (primary N) is 1. The second kappa shape index (κ2) is 4.85. The topological polar surface area (TPSA) is 53.1 Å². The number of para-hydroxylation sites is 1. The van der Waals surface area contributed by atoms with Crippen LogP contribution in [0.15, 0.2) is 29.8 Å². The average Bonchev–Trinajstić information content (AvgIpc) is 2.99. The predicted molar refractivity (Wildman–Crippen MR) is 79.5 cm³/mol. The Morgan fingerprint density at radius 3 is 3.00 bits per heavy atom. The molecule has 0 fully saturated rings. The molecule has 1 aromatic carbocycles. The fourth-order valence-electron chi connectivity index (χ4n) is 2.21. The lowest BCUT2D eigenvalue weighted by atomic mass is 10.2. The highest BCUT2D eigenvalue weighted by molar-refractivity contribution is 7.13. The molecule has 3 rings (SSSR count). The smallest absolute Gasteiger partial charge is 0.141 e. The summed E-state index contributed by atoms with van der Waals surface area (Å²) in [6.07, 6.45) is 1.76. The van der Waals surface area contributed by atoms with Gasteiger partial charge in [0, 0.05) is 24.1 Å². The van der Waals surface area contributed by atoms with Gasteiger partial charge >= 0.3 is 0 Å². The zero-order valence-corrected chi connectivity index (χ0v) is 11.8. The van der Waals surface area contributed by atoms with Crippen LogP contribution in [0.5, 0.6) is 0 Å². The van der Waals surface area contributed by atoms with Crippen molar-refractivity contribution in [1.29, 1.82) is 0 Å². The summed E-state index contributed by atoms with van der Waals surface area (Å²) in [5, 5.41) is 4.36. The average molecular weight is 294 g/mol. The van der Waals surface area contributed by atoms with Gasteiger partial charge in [0.1, 0.15) is 11.7 Å². The van der Waals surface area contributed by atoms with Crippen LogP contribution in [0.1, 0.15) is 0 Å². The molecule has 0 saturated heterocycles. The Balaban J connectivity index is 2.40. The number of nitrogens with zero attached hydrogens (tertiary/aromatic N) is 2. The monoisotopic (exact) mass is 293 g/mol. The van der Waals surface area contributed by atoms with Crippen molar-refractivity contribution in [2.24, 2.45) is 0 Å². The highest BCUT2D eigenvalue weighted by Gasteiger charge is 2.20. The third-order valence-corrected chi connectivity index (χ3v) is 4.11. The van der Waals surface area contributed by atoms with Gasteiger partial charge < -0.3 is 15.0 Å². The van der Waals surface area contributed by atoms with Gasteiger partial charge in [-0.15, -0.1) is 11.3 Å². The van der Waals surface area contributed by atoms with Crippen LogP contribution in [0.25, 0.3) is 21.6 Å². The molecule has 2 aromatic heterocycles. The van der Waals surface area contributed by atoms with E-state index in [9.17, 15) is 0 Å². The van der Waals surface area contributed by atoms with Crippen molar-refractivity contribution in [2.75, 3.05) is 12.8 Å². The number of hydrogen-bond acceptors (Lipinski definition) is 4. The number of thiazole rings is 1. The fourth-order valence-corrected chi connectivity index (χ4v) is 3.30. The van der Waals surface area contributed by atoms with Gasteiger partial charge in [0.05, 0.1) is 21.9 Å². The van der Waals surface area contributed by atoms with Gasteiger partial charge in [0.2, 0.25) is 0 Å². The second-order valence-electron chi connectivity index (χ2n) is 4.09. The fraction of sp³-hybridized carbons (Fsp3) is 0.154. The Hall–Kier alpha value is -1.56. The molecule has 0 unspecified atom stereocenters. The van der Waals surface area contributed by atoms with Crippen molar-refractivity contribution in [3.63, 3.8) is 0 Å². The molecule has 0 radical (unpaired) electrons. The third-order valence-electron chi connectivity index (χ3n) is 2.94. The van der Waals surface area contributed by atoms with E-state index in [1.54, 1.807) is 13.3 Å². The molecule has 4 nitrogen and oxygen atoms in total. The molecule has 19 heavy (non-hydrogen) atoms. The number of anilines is 1. The van der Waals surface area contributed by atoms with Crippen LogP contribution in [0.2, 0.25) is 5.02 Å². The quantitative estimate of drug-likeness (QED) is 0.751. The normalized spacial score (nSPS) is 11.3. The number of aromatic nitrogens is 2. The molecule has 2 heterocycles. The van der Waals surface area contributed by atoms with Crippen LogP contribution in [0.3, 0.4) is 0 Å². The van der Waals surface area contributed by atoms with E-state index in [2.05, 4.69) is 4.98 Å². The number of benzene rings is 1. The van der Waals surface area contributed by atoms with Crippen molar-refractivity contribution < 1.29 is 4.74 Å². The Morgan fingerprint density at radius 1 is 1.47 bits per heavy atom. The molecule has 6 heteroatoms. The van der Waals surface area contributed by atoms with E-state index < -0.39 is 0 Å². The van der Waals surface area contributed by atoms with Gasteiger partial charge in [-0.05, 0) is 6.07 Å². The third kappa shape index (κ3) is 1.90. The summed E-state index contributed by atoms with van der Waals surface area (Å²) in [5.74, 6) is 0. The highest BCUT2D eigenvalue weighted by atomic mass is 35.5. The van der Waals surface area contributed by atoms with E-state index in [1.807, 2.05) is 28.1 Å². The molecule has 0 aliphatic rings. The van der Waals surface area contributed by atoms with Crippen LogP contribution in [-0.2, 0) is 11.5 Å². The molecule has 0 spiro atoms. The zero-order chi connectivity index (χ0) is 13.4. The van der Waals surface area contributed by atoms with Gasteiger partial charge in [-0.1, -0.05) is 23.7 Å². The first kappa shape index (κ1) is 12.5. The Morgan fingerprint density at radius 2 is 2.32 bits per heavy atom. The minimum Gasteiger partial charge on any atom is -0.397 e. The second-order valence-corrected chi connectivity index (χ2v) is 5.36. The molecule has 0 atom stereocenters. The number of ether oxygens (including phenoxy) is 1. The van der Waals surface area contributed by atoms with Crippen molar-refractivity contribution in [3.8, 4) is 10.7 Å². The summed E-state index contributed by atoms with van der Waals surface area (Å²) in [6.45, 7) is 0.381. The Labute approximate surface area is 119 Å². The van der Waals surface area contributed by atoms with Crippen LogP contribution in [0.4, 0.5) is 5.69 Å². The first-order valence-electron chi connectivity index (χ1n) is 5.69. The van der Waals surface area contributed by atoms with E-state index in [0.29, 0.717) is 17.4 Å². The van der Waals surface area contributed by atoms with Crippen LogP contribution < -0.4 is 5.73 Å². The summed E-state index contributed by atoms with van der Waals surface area (Å²) >= 11 is 8.03. The maximum Gasteiger partial charge on any atom is 0.141 e. The van der Waals surface area contributed by atoms with Crippen molar-refractivity contribution in [3.05, 3.63) is 34.8 Å². The molecule has 0 bridgehead atoms. The molecule has 98 valence electrons. The van der Waals surface area contributed by atoms with Crippen LogP contribution in [0, 0.1) is 0 Å². The predicted octanol–water partition coefficient (Wildman–Crippen LogP) is 3.60. The van der Waals surface area contributed by atoms with E-state index in [4.69, 9.17) is 22.1 Å². The number of nitrogen functional groups attached to an aromatic ring is 1. The van der Waals surface area contributed by atoms with Crippen LogP contribution in [-0.4, -0.2) is 16.7 Å². The number of methoxy groups -OCH3 is 1. The van der Waals surface area contributed by atoms with Gasteiger partial charge in [0.15, 0.2) is 0 Å². The van der Waals surface area contributed by atoms with E-state index in [0.717, 1.165) is 21.6 Å². The van der Waals surface area contributed by atoms with E-state index >= 15 is 0 Å². The van der Waals surface area contributed by atoms with Crippen molar-refractivity contribution in [2.45, 2.75) is 6.73 Å². The largest absolute Gasteiger partial charge is 0.397 e. The Bertz CT molecular complexity index is 721. The maximum atomic E-state index is 6.50. The SMILES string of the molecule is COCn1c(-c2nccs2)c(Cl)c2cccc(N)c21.